The summed E-state index contributed by atoms with van der Waals surface area (Å²) >= 11 is 0. The largest absolute Gasteiger partial charge is 0.338 e. The summed E-state index contributed by atoms with van der Waals surface area (Å²) in [6.07, 6.45) is 1.18. The molecule has 150 valence electrons. The van der Waals surface area contributed by atoms with Gasteiger partial charge < -0.3 is 4.90 Å². The van der Waals surface area contributed by atoms with E-state index in [1.165, 1.54) is 6.26 Å². The smallest absolute Gasteiger partial charge is 0.253 e. The summed E-state index contributed by atoms with van der Waals surface area (Å²) in [6.45, 7) is 0.904. The molecule has 0 aromatic heterocycles. The van der Waals surface area contributed by atoms with E-state index in [-0.39, 0.29) is 10.8 Å². The van der Waals surface area contributed by atoms with Gasteiger partial charge in [-0.05, 0) is 65.1 Å². The number of carbonyl (C=O) groups excluding carboxylic acids is 1. The van der Waals surface area contributed by atoms with E-state index in [9.17, 15) is 17.6 Å². The first-order valence-corrected chi connectivity index (χ1v) is 11.5. The lowest BCUT2D eigenvalue weighted by molar-refractivity contribution is 0.0667. The van der Waals surface area contributed by atoms with E-state index in [0.717, 1.165) is 21.9 Å². The number of rotatable bonds is 3. The Morgan fingerprint density at radius 3 is 2.31 bits per heavy atom. The van der Waals surface area contributed by atoms with Gasteiger partial charge in [-0.25, -0.2) is 12.8 Å². The molecule has 1 amide bonds. The van der Waals surface area contributed by atoms with Crippen LogP contribution < -0.4 is 0 Å². The monoisotopic (exact) mass is 411 g/mol. The maximum absolute atomic E-state index is 13.3. The molecule has 0 atom stereocenters. The third-order valence-corrected chi connectivity index (χ3v) is 6.50. The average molecular weight is 411 g/mol. The van der Waals surface area contributed by atoms with Crippen molar-refractivity contribution in [2.24, 2.45) is 0 Å². The van der Waals surface area contributed by atoms with E-state index >= 15 is 0 Å². The maximum atomic E-state index is 13.3. The first-order chi connectivity index (χ1) is 13.8. The molecule has 0 aliphatic carbocycles. The molecule has 3 aromatic carbocycles. The molecule has 4 nitrogen and oxygen atoms in total. The summed E-state index contributed by atoms with van der Waals surface area (Å²) in [4.78, 5) is 14.7. The number of likely N-dealkylation sites (tertiary alicyclic amines) is 1. The fourth-order valence-electron chi connectivity index (χ4n) is 3.70. The summed E-state index contributed by atoms with van der Waals surface area (Å²) in [5.41, 5.74) is 2.33. The first kappa shape index (κ1) is 19.6. The number of fused-ring (bicyclic) bond motifs is 1. The second-order valence-electron chi connectivity index (χ2n) is 7.54. The zero-order valence-corrected chi connectivity index (χ0v) is 17.0. The summed E-state index contributed by atoms with van der Waals surface area (Å²) < 4.78 is 37.0. The van der Waals surface area contributed by atoms with Crippen molar-refractivity contribution in [2.45, 2.75) is 23.9 Å². The normalized spacial score (nSPS) is 15.6. The lowest BCUT2D eigenvalue weighted by Crippen LogP contribution is -2.39. The number of alkyl halides is 1. The lowest BCUT2D eigenvalue weighted by Gasteiger charge is -2.28. The minimum Gasteiger partial charge on any atom is -0.338 e. The molecule has 0 saturated carbocycles. The zero-order chi connectivity index (χ0) is 20.6. The average Bonchev–Trinajstić information content (AvgIpc) is 2.72. The highest BCUT2D eigenvalue weighted by molar-refractivity contribution is 7.90. The van der Waals surface area contributed by atoms with Crippen LogP contribution in [0.3, 0.4) is 0 Å². The standard InChI is InChI=1S/C23H22FNO3S/c1-29(27,28)22-4-2-3-16(15-22)17-5-6-19-14-20(8-7-18(19)13-17)23(26)25-11-9-21(24)10-12-25/h2-8,13-15,21H,9-12H2,1H3. The van der Waals surface area contributed by atoms with E-state index in [1.807, 2.05) is 36.4 Å². The summed E-state index contributed by atoms with van der Waals surface area (Å²) in [6, 6.07) is 18.3. The second-order valence-corrected chi connectivity index (χ2v) is 9.56. The quantitative estimate of drug-likeness (QED) is 0.638. The predicted octanol–water partition coefficient (Wildman–Crippen LogP) is 4.48. The summed E-state index contributed by atoms with van der Waals surface area (Å²) in [7, 11) is -3.27. The van der Waals surface area contributed by atoms with Crippen molar-refractivity contribution in [3.8, 4) is 11.1 Å². The number of carbonyl (C=O) groups is 1. The van der Waals surface area contributed by atoms with E-state index in [0.29, 0.717) is 31.5 Å². The fourth-order valence-corrected chi connectivity index (χ4v) is 4.37. The summed E-state index contributed by atoms with van der Waals surface area (Å²) in [5, 5.41) is 1.89. The highest BCUT2D eigenvalue weighted by atomic mass is 32.2. The van der Waals surface area contributed by atoms with Crippen molar-refractivity contribution in [3.63, 3.8) is 0 Å². The lowest BCUT2D eigenvalue weighted by atomic mass is 9.99. The first-order valence-electron chi connectivity index (χ1n) is 9.59. The number of halogens is 1. The Labute approximate surface area is 169 Å². The molecule has 1 heterocycles. The molecule has 0 unspecified atom stereocenters. The number of amides is 1. The van der Waals surface area contributed by atoms with Crippen LogP contribution in [0.15, 0.2) is 65.6 Å². The highest BCUT2D eigenvalue weighted by Gasteiger charge is 2.23. The number of benzene rings is 3. The van der Waals surface area contributed by atoms with E-state index in [1.54, 1.807) is 29.2 Å². The van der Waals surface area contributed by atoms with Gasteiger partial charge in [0.15, 0.2) is 9.84 Å². The molecule has 0 N–H and O–H groups in total. The van der Waals surface area contributed by atoms with Crippen LogP contribution in [0.1, 0.15) is 23.2 Å². The summed E-state index contributed by atoms with van der Waals surface area (Å²) in [5.74, 6) is -0.0660. The molecule has 0 spiro atoms. The Balaban J connectivity index is 1.63. The van der Waals surface area contributed by atoms with Crippen LogP contribution in [0.25, 0.3) is 21.9 Å². The zero-order valence-electron chi connectivity index (χ0n) is 16.1. The number of piperidine rings is 1. The number of hydrogen-bond acceptors (Lipinski definition) is 3. The van der Waals surface area contributed by atoms with Crippen LogP contribution in [0, 0.1) is 0 Å². The molecular weight excluding hydrogens is 389 g/mol. The molecule has 1 aliphatic rings. The molecule has 1 fully saturated rings. The maximum Gasteiger partial charge on any atom is 0.253 e. The minimum absolute atomic E-state index is 0.0660. The van der Waals surface area contributed by atoms with Crippen molar-refractivity contribution >= 4 is 26.5 Å². The van der Waals surface area contributed by atoms with Crippen LogP contribution in [0.2, 0.25) is 0 Å². The van der Waals surface area contributed by atoms with Crippen molar-refractivity contribution in [1.82, 2.24) is 4.90 Å². The third kappa shape index (κ3) is 4.17. The predicted molar refractivity (Wildman–Crippen MR) is 113 cm³/mol. The molecule has 0 bridgehead atoms. The van der Waals surface area contributed by atoms with E-state index < -0.39 is 16.0 Å². The van der Waals surface area contributed by atoms with Crippen molar-refractivity contribution < 1.29 is 17.6 Å². The molecule has 1 saturated heterocycles. The molecule has 0 radical (unpaired) electrons. The molecule has 29 heavy (non-hydrogen) atoms. The Morgan fingerprint density at radius 1 is 0.931 bits per heavy atom. The van der Waals surface area contributed by atoms with Crippen LogP contribution in [0.4, 0.5) is 4.39 Å². The van der Waals surface area contributed by atoms with Gasteiger partial charge in [-0.2, -0.15) is 0 Å². The number of nitrogens with zero attached hydrogens (tertiary/aromatic N) is 1. The second kappa shape index (κ2) is 7.59. The van der Waals surface area contributed by atoms with Gasteiger partial charge in [0.2, 0.25) is 0 Å². The minimum atomic E-state index is -3.27. The molecule has 3 aromatic rings. The topological polar surface area (TPSA) is 54.5 Å². The van der Waals surface area contributed by atoms with Crippen LogP contribution >= 0.6 is 0 Å². The SMILES string of the molecule is CS(=O)(=O)c1cccc(-c2ccc3cc(C(=O)N4CCC(F)CC4)ccc3c2)c1. The third-order valence-electron chi connectivity index (χ3n) is 5.39. The molecule has 4 rings (SSSR count). The van der Waals surface area contributed by atoms with E-state index in [2.05, 4.69) is 0 Å². The van der Waals surface area contributed by atoms with Crippen LogP contribution in [-0.4, -0.2) is 44.7 Å². The van der Waals surface area contributed by atoms with Gasteiger partial charge in [0.1, 0.15) is 6.17 Å². The van der Waals surface area contributed by atoms with Gasteiger partial charge in [0.25, 0.3) is 5.91 Å². The van der Waals surface area contributed by atoms with Gasteiger partial charge in [0.05, 0.1) is 4.90 Å². The fraction of sp³-hybridized carbons (Fsp3) is 0.261. The molecular formula is C23H22FNO3S. The number of hydrogen-bond donors (Lipinski definition) is 0. The molecule has 1 aliphatic heterocycles. The van der Waals surface area contributed by atoms with E-state index in [4.69, 9.17) is 0 Å². The Hall–Kier alpha value is -2.73. The van der Waals surface area contributed by atoms with Gasteiger partial charge in [-0.1, -0.05) is 30.3 Å². The van der Waals surface area contributed by atoms with Crippen molar-refractivity contribution in [3.05, 3.63) is 66.2 Å². The molecule has 6 heteroatoms. The Bertz CT molecular complexity index is 1180. The van der Waals surface area contributed by atoms with Crippen molar-refractivity contribution in [2.75, 3.05) is 19.3 Å². The van der Waals surface area contributed by atoms with Crippen LogP contribution in [-0.2, 0) is 9.84 Å². The Kier molecular flexibility index (Phi) is 5.13. The number of sulfone groups is 1. The van der Waals surface area contributed by atoms with Gasteiger partial charge >= 0.3 is 0 Å². The highest BCUT2D eigenvalue weighted by Crippen LogP contribution is 2.27. The Morgan fingerprint density at radius 2 is 1.59 bits per heavy atom. The van der Waals surface area contributed by atoms with Crippen LogP contribution in [0.5, 0.6) is 0 Å². The van der Waals surface area contributed by atoms with Gasteiger partial charge in [-0.15, -0.1) is 0 Å². The van der Waals surface area contributed by atoms with Gasteiger partial charge in [0, 0.05) is 24.9 Å². The van der Waals surface area contributed by atoms with Crippen molar-refractivity contribution in [1.29, 1.82) is 0 Å². The van der Waals surface area contributed by atoms with Gasteiger partial charge in [-0.3, -0.25) is 4.79 Å².